The standard InChI is InChI=1S/C20H23N3O2S2/c1-4-15-10-16-19(22-12-23-20(16)27-15)26-11-18(24)21-7-8-25-17-6-5-13(2)9-14(17)3/h5-6,9-10,12H,4,7-8,11H2,1-3H3,(H,21,24). The summed E-state index contributed by atoms with van der Waals surface area (Å²) in [4.78, 5) is 23.0. The summed E-state index contributed by atoms with van der Waals surface area (Å²) in [5, 5.41) is 4.79. The molecule has 0 aliphatic carbocycles. The molecule has 0 fully saturated rings. The third-order valence-electron chi connectivity index (χ3n) is 4.04. The average Bonchev–Trinajstić information content (AvgIpc) is 3.09. The van der Waals surface area contributed by atoms with Gasteiger partial charge in [0.05, 0.1) is 12.3 Å². The van der Waals surface area contributed by atoms with Crippen molar-refractivity contribution in [2.24, 2.45) is 0 Å². The summed E-state index contributed by atoms with van der Waals surface area (Å²) in [5.74, 6) is 1.16. The highest BCUT2D eigenvalue weighted by Crippen LogP contribution is 2.30. The Morgan fingerprint density at radius 3 is 2.89 bits per heavy atom. The molecule has 1 N–H and O–H groups in total. The highest BCUT2D eigenvalue weighted by Gasteiger charge is 2.10. The lowest BCUT2D eigenvalue weighted by Crippen LogP contribution is -2.29. The molecule has 0 aliphatic heterocycles. The van der Waals surface area contributed by atoms with Gasteiger partial charge in [0.2, 0.25) is 5.91 Å². The molecule has 0 radical (unpaired) electrons. The molecule has 0 saturated carbocycles. The quantitative estimate of drug-likeness (QED) is 0.349. The molecule has 3 rings (SSSR count). The minimum absolute atomic E-state index is 0.0260. The van der Waals surface area contributed by atoms with E-state index >= 15 is 0 Å². The maximum absolute atomic E-state index is 12.1. The fraction of sp³-hybridized carbons (Fsp3) is 0.350. The molecule has 3 aromatic rings. The first kappa shape index (κ1) is 19.6. The number of nitrogens with zero attached hydrogens (tertiary/aromatic N) is 2. The van der Waals surface area contributed by atoms with Gasteiger partial charge in [-0.15, -0.1) is 11.3 Å². The zero-order valence-corrected chi connectivity index (χ0v) is 17.4. The molecule has 2 aromatic heterocycles. The number of benzene rings is 1. The molecule has 0 saturated heterocycles. The van der Waals surface area contributed by atoms with Gasteiger partial charge in [0.15, 0.2) is 0 Å². The third kappa shape index (κ3) is 5.20. The molecule has 142 valence electrons. The maximum Gasteiger partial charge on any atom is 0.230 e. The number of ether oxygens (including phenoxy) is 1. The Labute approximate surface area is 167 Å². The summed E-state index contributed by atoms with van der Waals surface area (Å²) in [6.07, 6.45) is 2.54. The number of thiophene rings is 1. The minimum Gasteiger partial charge on any atom is -0.491 e. The molecular weight excluding hydrogens is 378 g/mol. The smallest absolute Gasteiger partial charge is 0.230 e. The van der Waals surface area contributed by atoms with Crippen LogP contribution in [0.1, 0.15) is 22.9 Å². The molecule has 1 aromatic carbocycles. The van der Waals surface area contributed by atoms with Crippen molar-refractivity contribution in [3.63, 3.8) is 0 Å². The fourth-order valence-electron chi connectivity index (χ4n) is 2.67. The normalized spacial score (nSPS) is 10.9. The van der Waals surface area contributed by atoms with Gasteiger partial charge in [-0.2, -0.15) is 0 Å². The van der Waals surface area contributed by atoms with Gasteiger partial charge in [-0.1, -0.05) is 36.4 Å². The first-order valence-electron chi connectivity index (χ1n) is 8.89. The van der Waals surface area contributed by atoms with E-state index in [-0.39, 0.29) is 5.91 Å². The van der Waals surface area contributed by atoms with Gasteiger partial charge in [0, 0.05) is 10.3 Å². The summed E-state index contributed by atoms with van der Waals surface area (Å²) < 4.78 is 5.74. The Morgan fingerprint density at radius 1 is 1.26 bits per heavy atom. The van der Waals surface area contributed by atoms with Gasteiger partial charge in [0.1, 0.15) is 28.5 Å². The van der Waals surface area contributed by atoms with E-state index in [1.165, 1.54) is 22.2 Å². The van der Waals surface area contributed by atoms with Crippen LogP contribution in [0, 0.1) is 13.8 Å². The highest BCUT2D eigenvalue weighted by atomic mass is 32.2. The molecule has 0 atom stereocenters. The number of thioether (sulfide) groups is 1. The van der Waals surface area contributed by atoms with Crippen molar-refractivity contribution in [3.8, 4) is 5.75 Å². The van der Waals surface area contributed by atoms with Gasteiger partial charge in [-0.3, -0.25) is 4.79 Å². The largest absolute Gasteiger partial charge is 0.491 e. The van der Waals surface area contributed by atoms with Crippen molar-refractivity contribution in [1.29, 1.82) is 0 Å². The number of hydrogen-bond donors (Lipinski definition) is 1. The number of rotatable bonds is 8. The number of aromatic nitrogens is 2. The Hall–Kier alpha value is -2.12. The lowest BCUT2D eigenvalue weighted by atomic mass is 10.1. The van der Waals surface area contributed by atoms with Crippen molar-refractivity contribution in [2.45, 2.75) is 32.2 Å². The lowest BCUT2D eigenvalue weighted by molar-refractivity contribution is -0.118. The number of carbonyl (C=O) groups excluding carboxylic acids is 1. The second kappa shape index (κ2) is 9.19. The zero-order chi connectivity index (χ0) is 19.2. The van der Waals surface area contributed by atoms with Gasteiger partial charge in [-0.25, -0.2) is 9.97 Å². The summed E-state index contributed by atoms with van der Waals surface area (Å²) >= 11 is 3.12. The van der Waals surface area contributed by atoms with Crippen LogP contribution in [0.15, 0.2) is 35.6 Å². The monoisotopic (exact) mass is 401 g/mol. The molecule has 7 heteroatoms. The van der Waals surface area contributed by atoms with Crippen LogP contribution >= 0.6 is 23.1 Å². The summed E-state index contributed by atoms with van der Waals surface area (Å²) in [7, 11) is 0. The van der Waals surface area contributed by atoms with Crippen molar-refractivity contribution >= 4 is 39.2 Å². The first-order valence-corrected chi connectivity index (χ1v) is 10.7. The number of fused-ring (bicyclic) bond motifs is 1. The third-order valence-corrected chi connectivity index (χ3v) is 6.24. The molecule has 0 bridgehead atoms. The van der Waals surface area contributed by atoms with Crippen LogP contribution in [0.3, 0.4) is 0 Å². The molecular formula is C20H23N3O2S2. The van der Waals surface area contributed by atoms with Crippen LogP contribution in [-0.4, -0.2) is 34.8 Å². The van der Waals surface area contributed by atoms with Crippen LogP contribution in [0.25, 0.3) is 10.2 Å². The van der Waals surface area contributed by atoms with Crippen molar-refractivity contribution in [1.82, 2.24) is 15.3 Å². The number of aryl methyl sites for hydroxylation is 3. The molecule has 0 spiro atoms. The van der Waals surface area contributed by atoms with Crippen LogP contribution in [0.5, 0.6) is 5.75 Å². The molecule has 0 unspecified atom stereocenters. The van der Waals surface area contributed by atoms with Crippen molar-refractivity contribution in [2.75, 3.05) is 18.9 Å². The number of hydrogen-bond acceptors (Lipinski definition) is 6. The van der Waals surface area contributed by atoms with E-state index in [0.29, 0.717) is 18.9 Å². The van der Waals surface area contributed by atoms with Crippen molar-refractivity contribution < 1.29 is 9.53 Å². The topological polar surface area (TPSA) is 64.1 Å². The Morgan fingerprint density at radius 2 is 2.11 bits per heavy atom. The predicted octanol–water partition coefficient (Wildman–Crippen LogP) is 4.16. The summed E-state index contributed by atoms with van der Waals surface area (Å²) in [6, 6.07) is 8.20. The highest BCUT2D eigenvalue weighted by molar-refractivity contribution is 8.00. The predicted molar refractivity (Wildman–Crippen MR) is 112 cm³/mol. The van der Waals surface area contributed by atoms with E-state index in [0.717, 1.165) is 33.0 Å². The zero-order valence-electron chi connectivity index (χ0n) is 15.7. The van der Waals surface area contributed by atoms with E-state index < -0.39 is 0 Å². The Kier molecular flexibility index (Phi) is 6.68. The molecule has 2 heterocycles. The molecule has 0 aliphatic rings. The van der Waals surface area contributed by atoms with Crippen molar-refractivity contribution in [3.05, 3.63) is 46.6 Å². The maximum atomic E-state index is 12.1. The Bertz CT molecular complexity index is 940. The summed E-state index contributed by atoms with van der Waals surface area (Å²) in [5.41, 5.74) is 2.31. The average molecular weight is 402 g/mol. The first-order chi connectivity index (χ1) is 13.1. The number of amides is 1. The van der Waals surface area contributed by atoms with Crippen LogP contribution in [0.2, 0.25) is 0 Å². The van der Waals surface area contributed by atoms with Crippen LogP contribution in [0.4, 0.5) is 0 Å². The molecule has 27 heavy (non-hydrogen) atoms. The van der Waals surface area contributed by atoms with E-state index in [9.17, 15) is 4.79 Å². The minimum atomic E-state index is -0.0260. The van der Waals surface area contributed by atoms with E-state index in [1.807, 2.05) is 19.1 Å². The lowest BCUT2D eigenvalue weighted by Gasteiger charge is -2.10. The van der Waals surface area contributed by atoms with Crippen LogP contribution < -0.4 is 10.1 Å². The number of carbonyl (C=O) groups is 1. The fourth-order valence-corrected chi connectivity index (χ4v) is 4.47. The van der Waals surface area contributed by atoms with E-state index in [4.69, 9.17) is 4.74 Å². The van der Waals surface area contributed by atoms with Gasteiger partial charge < -0.3 is 10.1 Å². The van der Waals surface area contributed by atoms with E-state index in [2.05, 4.69) is 41.3 Å². The van der Waals surface area contributed by atoms with Gasteiger partial charge in [0.25, 0.3) is 0 Å². The Balaban J connectivity index is 1.45. The molecule has 5 nitrogen and oxygen atoms in total. The number of nitrogens with one attached hydrogen (secondary N) is 1. The van der Waals surface area contributed by atoms with E-state index in [1.54, 1.807) is 17.7 Å². The second-order valence-corrected chi connectivity index (χ2v) is 8.30. The van der Waals surface area contributed by atoms with Crippen LogP contribution in [-0.2, 0) is 11.2 Å². The van der Waals surface area contributed by atoms with Gasteiger partial charge in [-0.05, 0) is 38.0 Å². The molecule has 1 amide bonds. The van der Waals surface area contributed by atoms with Gasteiger partial charge >= 0.3 is 0 Å². The summed E-state index contributed by atoms with van der Waals surface area (Å²) in [6.45, 7) is 7.12. The SMILES string of the molecule is CCc1cc2c(SCC(=O)NCCOc3ccc(C)cc3C)ncnc2s1. The second-order valence-electron chi connectivity index (χ2n) is 6.22.